The first-order valence-corrected chi connectivity index (χ1v) is 9.69. The van der Waals surface area contributed by atoms with Gasteiger partial charge in [-0.3, -0.25) is 0 Å². The van der Waals surface area contributed by atoms with Crippen LogP contribution in [-0.2, 0) is 6.54 Å². The molecule has 140 valence electrons. The van der Waals surface area contributed by atoms with E-state index >= 15 is 0 Å². The van der Waals surface area contributed by atoms with Gasteiger partial charge < -0.3 is 14.8 Å². The fourth-order valence-corrected chi connectivity index (χ4v) is 4.06. The molecule has 2 amide bonds. The van der Waals surface area contributed by atoms with Crippen molar-refractivity contribution in [3.05, 3.63) is 72.6 Å². The van der Waals surface area contributed by atoms with Crippen LogP contribution in [0.15, 0.2) is 66.7 Å². The lowest BCUT2D eigenvalue weighted by Gasteiger charge is -2.20. The van der Waals surface area contributed by atoms with E-state index in [-0.39, 0.29) is 6.03 Å². The number of para-hydroxylation sites is 2. The number of benzene rings is 3. The van der Waals surface area contributed by atoms with Crippen molar-refractivity contribution in [2.75, 3.05) is 11.9 Å². The van der Waals surface area contributed by atoms with Crippen molar-refractivity contribution in [3.63, 3.8) is 0 Å². The van der Waals surface area contributed by atoms with Crippen molar-refractivity contribution >= 4 is 33.5 Å². The molecule has 4 aromatic rings. The number of amides is 2. The van der Waals surface area contributed by atoms with Crippen LogP contribution in [0, 0.1) is 0 Å². The van der Waals surface area contributed by atoms with Gasteiger partial charge in [0.25, 0.3) is 0 Å². The van der Waals surface area contributed by atoms with Gasteiger partial charge in [-0.2, -0.15) is 0 Å². The highest BCUT2D eigenvalue weighted by Crippen LogP contribution is 2.27. The topological polar surface area (TPSA) is 50.2 Å². The number of anilines is 1. The van der Waals surface area contributed by atoms with Crippen LogP contribution in [0.25, 0.3) is 21.8 Å². The Morgan fingerprint density at radius 3 is 2.71 bits per heavy atom. The van der Waals surface area contributed by atoms with Gasteiger partial charge >= 0.3 is 6.03 Å². The molecular weight excluding hydrogens is 348 g/mol. The predicted octanol–water partition coefficient (Wildman–Crippen LogP) is 5.19. The van der Waals surface area contributed by atoms with Gasteiger partial charge in [0.15, 0.2) is 0 Å². The molecule has 1 aliphatic rings. The van der Waals surface area contributed by atoms with Crippen molar-refractivity contribution in [1.29, 1.82) is 0 Å². The van der Waals surface area contributed by atoms with Gasteiger partial charge in [0.2, 0.25) is 0 Å². The van der Waals surface area contributed by atoms with Gasteiger partial charge in [-0.05, 0) is 48.4 Å². The molecule has 0 bridgehead atoms. The van der Waals surface area contributed by atoms with E-state index in [0.29, 0.717) is 19.1 Å². The zero-order valence-corrected chi connectivity index (χ0v) is 15.8. The Bertz CT molecular complexity index is 1180. The van der Waals surface area contributed by atoms with Crippen molar-refractivity contribution in [1.82, 2.24) is 14.5 Å². The Morgan fingerprint density at radius 1 is 1.04 bits per heavy atom. The van der Waals surface area contributed by atoms with E-state index in [9.17, 15) is 4.79 Å². The standard InChI is InChI=1S/C23H22N4O/c1-16-12-13-26(15-22-25-20-8-4-5-9-21(20)27(16)22)23(28)24-19-11-10-17-6-2-3-7-18(17)14-19/h2-11,14,16H,12-13,15H2,1H3,(H,24,28). The number of aromatic nitrogens is 2. The summed E-state index contributed by atoms with van der Waals surface area (Å²) in [6.45, 7) is 3.42. The van der Waals surface area contributed by atoms with E-state index < -0.39 is 0 Å². The van der Waals surface area contributed by atoms with Gasteiger partial charge in [-0.15, -0.1) is 0 Å². The molecule has 0 saturated heterocycles. The number of fused-ring (bicyclic) bond motifs is 4. The molecule has 1 aliphatic heterocycles. The van der Waals surface area contributed by atoms with Crippen LogP contribution in [0.3, 0.4) is 0 Å². The molecule has 1 unspecified atom stereocenters. The maximum Gasteiger partial charge on any atom is 0.322 e. The van der Waals surface area contributed by atoms with E-state index in [0.717, 1.165) is 39.7 Å². The smallest absolute Gasteiger partial charge is 0.322 e. The lowest BCUT2D eigenvalue weighted by molar-refractivity contribution is 0.209. The zero-order chi connectivity index (χ0) is 19.1. The number of imidazole rings is 1. The number of hydrogen-bond donors (Lipinski definition) is 1. The summed E-state index contributed by atoms with van der Waals surface area (Å²) in [6, 6.07) is 22.6. The third-order valence-corrected chi connectivity index (χ3v) is 5.55. The summed E-state index contributed by atoms with van der Waals surface area (Å²) in [5.41, 5.74) is 2.94. The minimum absolute atomic E-state index is 0.0806. The number of hydrogen-bond acceptors (Lipinski definition) is 2. The first-order valence-electron chi connectivity index (χ1n) is 9.69. The Kier molecular flexibility index (Phi) is 4.01. The monoisotopic (exact) mass is 370 g/mol. The highest BCUT2D eigenvalue weighted by Gasteiger charge is 2.25. The lowest BCUT2D eigenvalue weighted by Crippen LogP contribution is -2.34. The molecule has 2 heterocycles. The van der Waals surface area contributed by atoms with Crippen LogP contribution >= 0.6 is 0 Å². The van der Waals surface area contributed by atoms with E-state index in [1.807, 2.05) is 53.4 Å². The number of urea groups is 1. The minimum Gasteiger partial charge on any atom is -0.324 e. The molecule has 0 saturated carbocycles. The molecule has 5 nitrogen and oxygen atoms in total. The largest absolute Gasteiger partial charge is 0.324 e. The van der Waals surface area contributed by atoms with Gasteiger partial charge in [-0.1, -0.05) is 42.5 Å². The van der Waals surface area contributed by atoms with Crippen LogP contribution in [0.2, 0.25) is 0 Å². The summed E-state index contributed by atoms with van der Waals surface area (Å²) in [5, 5.41) is 5.34. The Hall–Kier alpha value is -3.34. The first kappa shape index (κ1) is 16.8. The molecule has 1 atom stereocenters. The maximum absolute atomic E-state index is 13.0. The van der Waals surface area contributed by atoms with Gasteiger partial charge in [0.05, 0.1) is 17.6 Å². The molecule has 0 spiro atoms. The molecule has 0 aliphatic carbocycles. The van der Waals surface area contributed by atoms with Crippen LogP contribution in [0.4, 0.5) is 10.5 Å². The Labute approximate surface area is 163 Å². The minimum atomic E-state index is -0.0806. The summed E-state index contributed by atoms with van der Waals surface area (Å²) in [7, 11) is 0. The van der Waals surface area contributed by atoms with E-state index in [2.05, 4.69) is 35.0 Å². The van der Waals surface area contributed by atoms with Crippen LogP contribution in [0.5, 0.6) is 0 Å². The molecule has 1 aromatic heterocycles. The third kappa shape index (κ3) is 2.89. The summed E-state index contributed by atoms with van der Waals surface area (Å²) in [4.78, 5) is 19.6. The number of nitrogens with zero attached hydrogens (tertiary/aromatic N) is 3. The highest BCUT2D eigenvalue weighted by molar-refractivity contribution is 5.93. The molecular formula is C23H22N4O. The van der Waals surface area contributed by atoms with Crippen LogP contribution in [0.1, 0.15) is 25.2 Å². The molecule has 1 N–H and O–H groups in total. The van der Waals surface area contributed by atoms with Gasteiger partial charge in [0.1, 0.15) is 5.82 Å². The van der Waals surface area contributed by atoms with E-state index in [1.54, 1.807) is 0 Å². The average molecular weight is 370 g/mol. The third-order valence-electron chi connectivity index (χ3n) is 5.55. The average Bonchev–Trinajstić information content (AvgIpc) is 3.00. The second-order valence-corrected chi connectivity index (χ2v) is 7.44. The predicted molar refractivity (Wildman–Crippen MR) is 112 cm³/mol. The lowest BCUT2D eigenvalue weighted by atomic mass is 10.1. The fourth-order valence-electron chi connectivity index (χ4n) is 4.06. The zero-order valence-electron chi connectivity index (χ0n) is 15.8. The number of rotatable bonds is 1. The highest BCUT2D eigenvalue weighted by atomic mass is 16.2. The quantitative estimate of drug-likeness (QED) is 0.501. The van der Waals surface area contributed by atoms with Crippen molar-refractivity contribution in [2.45, 2.75) is 25.9 Å². The normalized spacial score (nSPS) is 16.8. The first-order chi connectivity index (χ1) is 13.7. The SMILES string of the molecule is CC1CCN(C(=O)Nc2ccc3ccccc3c2)Cc2nc3ccccc3n21. The molecule has 3 aromatic carbocycles. The molecule has 5 rings (SSSR count). The van der Waals surface area contributed by atoms with Crippen molar-refractivity contribution in [2.24, 2.45) is 0 Å². The number of carbonyl (C=O) groups excluding carboxylic acids is 1. The number of carbonyl (C=O) groups is 1. The van der Waals surface area contributed by atoms with Crippen LogP contribution < -0.4 is 5.32 Å². The maximum atomic E-state index is 13.0. The molecule has 5 heteroatoms. The fraction of sp³-hybridized carbons (Fsp3) is 0.217. The summed E-state index contributed by atoms with van der Waals surface area (Å²) in [6.07, 6.45) is 0.901. The van der Waals surface area contributed by atoms with Crippen LogP contribution in [-0.4, -0.2) is 27.0 Å². The number of nitrogens with one attached hydrogen (secondary N) is 1. The van der Waals surface area contributed by atoms with Gasteiger partial charge in [-0.25, -0.2) is 9.78 Å². The molecule has 0 fully saturated rings. The summed E-state index contributed by atoms with van der Waals surface area (Å²) >= 11 is 0. The Morgan fingerprint density at radius 2 is 1.82 bits per heavy atom. The second-order valence-electron chi connectivity index (χ2n) is 7.44. The van der Waals surface area contributed by atoms with E-state index in [1.165, 1.54) is 0 Å². The molecule has 28 heavy (non-hydrogen) atoms. The van der Waals surface area contributed by atoms with E-state index in [4.69, 9.17) is 4.98 Å². The summed E-state index contributed by atoms with van der Waals surface area (Å²) in [5.74, 6) is 0.944. The Balaban J connectivity index is 1.41. The molecule has 0 radical (unpaired) electrons. The van der Waals surface area contributed by atoms with Crippen molar-refractivity contribution < 1.29 is 4.79 Å². The summed E-state index contributed by atoms with van der Waals surface area (Å²) < 4.78 is 2.28. The second kappa shape index (κ2) is 6.68. The van der Waals surface area contributed by atoms with Gasteiger partial charge in [0, 0.05) is 18.3 Å². The van der Waals surface area contributed by atoms with Crippen molar-refractivity contribution in [3.8, 4) is 0 Å².